The van der Waals surface area contributed by atoms with Crippen LogP contribution in [0.3, 0.4) is 0 Å². The lowest BCUT2D eigenvalue weighted by Crippen LogP contribution is -2.65. The Morgan fingerprint density at radius 3 is 2.73 bits per heavy atom. The van der Waals surface area contributed by atoms with E-state index in [0.29, 0.717) is 10.7 Å². The molecule has 1 aliphatic carbocycles. The van der Waals surface area contributed by atoms with Crippen LogP contribution in [0.4, 0.5) is 5.69 Å². The van der Waals surface area contributed by atoms with Gasteiger partial charge in [0.15, 0.2) is 0 Å². The van der Waals surface area contributed by atoms with E-state index in [1.54, 1.807) is 24.3 Å². The maximum Gasteiger partial charge on any atom is 0.237 e. The van der Waals surface area contributed by atoms with Crippen LogP contribution in [-0.4, -0.2) is 29.9 Å². The molecule has 1 aromatic rings. The molecule has 2 fully saturated rings. The summed E-state index contributed by atoms with van der Waals surface area (Å²) in [5, 5.41) is 9.62. The molecule has 1 aliphatic heterocycles. The maximum absolute atomic E-state index is 12.1. The molecule has 0 spiro atoms. The Kier molecular flexibility index (Phi) is 4.64. The fourth-order valence-corrected chi connectivity index (χ4v) is 3.40. The molecule has 1 aromatic carbocycles. The zero-order valence-corrected chi connectivity index (χ0v) is 13.0. The summed E-state index contributed by atoms with van der Waals surface area (Å²) in [6.45, 7) is 0. The number of amides is 2. The van der Waals surface area contributed by atoms with Crippen molar-refractivity contribution in [2.75, 3.05) is 5.32 Å². The van der Waals surface area contributed by atoms with Crippen LogP contribution in [-0.2, 0) is 9.59 Å². The highest BCUT2D eigenvalue weighted by molar-refractivity contribution is 6.33. The van der Waals surface area contributed by atoms with Crippen molar-refractivity contribution in [3.05, 3.63) is 29.3 Å². The Morgan fingerprint density at radius 2 is 1.95 bits per heavy atom. The smallest absolute Gasteiger partial charge is 0.237 e. The second kappa shape index (κ2) is 6.67. The van der Waals surface area contributed by atoms with Gasteiger partial charge in [0.05, 0.1) is 23.2 Å². The van der Waals surface area contributed by atoms with Crippen molar-refractivity contribution in [2.24, 2.45) is 0 Å². The average Bonchev–Trinajstić information content (AvgIpc) is 2.50. The third kappa shape index (κ3) is 3.42. The number of rotatable bonds is 3. The number of hydrogen-bond acceptors (Lipinski definition) is 3. The molecule has 2 amide bonds. The minimum absolute atomic E-state index is 0.0857. The largest absolute Gasteiger partial charge is 0.350 e. The van der Waals surface area contributed by atoms with Gasteiger partial charge in [0.25, 0.3) is 0 Å². The number of piperazine rings is 1. The lowest BCUT2D eigenvalue weighted by Gasteiger charge is -2.40. The molecule has 0 unspecified atom stereocenters. The third-order valence-electron chi connectivity index (χ3n) is 4.36. The van der Waals surface area contributed by atoms with Gasteiger partial charge in [0.1, 0.15) is 0 Å². The maximum atomic E-state index is 12.1. The number of para-hydroxylation sites is 1. The Balaban J connectivity index is 1.59. The van der Waals surface area contributed by atoms with E-state index < -0.39 is 6.04 Å². The minimum atomic E-state index is -0.471. The second-order valence-electron chi connectivity index (χ2n) is 5.96. The van der Waals surface area contributed by atoms with Crippen molar-refractivity contribution in [3.63, 3.8) is 0 Å². The monoisotopic (exact) mass is 321 g/mol. The van der Waals surface area contributed by atoms with Crippen LogP contribution in [0.25, 0.3) is 0 Å². The summed E-state index contributed by atoms with van der Waals surface area (Å²) in [4.78, 5) is 24.3. The number of hydrogen-bond donors (Lipinski definition) is 3. The number of nitrogens with one attached hydrogen (secondary N) is 3. The Labute approximate surface area is 134 Å². The normalized spacial score (nSPS) is 27.7. The van der Waals surface area contributed by atoms with Gasteiger partial charge in [-0.15, -0.1) is 0 Å². The summed E-state index contributed by atoms with van der Waals surface area (Å²) in [6.07, 6.45) is 4.50. The van der Waals surface area contributed by atoms with Crippen LogP contribution in [0.2, 0.25) is 5.02 Å². The van der Waals surface area contributed by atoms with Crippen molar-refractivity contribution < 1.29 is 9.59 Å². The van der Waals surface area contributed by atoms with E-state index in [4.69, 9.17) is 11.6 Å². The molecule has 1 saturated carbocycles. The zero-order chi connectivity index (χ0) is 15.5. The fourth-order valence-electron chi connectivity index (χ4n) is 3.22. The van der Waals surface area contributed by atoms with E-state index in [-0.39, 0.29) is 30.3 Å². The predicted octanol–water partition coefficient (Wildman–Crippen LogP) is 2.07. The minimum Gasteiger partial charge on any atom is -0.350 e. The standard InChI is InChI=1S/C16H20ClN3O2/c17-10-5-1-2-6-11(10)19-15(21)9-14-16(22)20-13-8-4-3-7-12(13)18-14/h1-2,5-6,12-14,18H,3-4,7-9H2,(H,19,21)(H,20,22)/t12-,13-,14+/m1/s1. The lowest BCUT2D eigenvalue weighted by molar-refractivity contribution is -0.129. The average molecular weight is 322 g/mol. The number of fused-ring (bicyclic) bond motifs is 1. The number of benzene rings is 1. The zero-order valence-electron chi connectivity index (χ0n) is 12.3. The molecule has 3 N–H and O–H groups in total. The molecular weight excluding hydrogens is 302 g/mol. The van der Waals surface area contributed by atoms with Crippen LogP contribution < -0.4 is 16.0 Å². The first-order valence-electron chi connectivity index (χ1n) is 7.74. The van der Waals surface area contributed by atoms with Gasteiger partial charge in [-0.1, -0.05) is 36.6 Å². The number of carbonyl (C=O) groups is 2. The highest BCUT2D eigenvalue weighted by Gasteiger charge is 2.36. The molecular formula is C16H20ClN3O2. The van der Waals surface area contributed by atoms with Gasteiger partial charge in [-0.2, -0.15) is 0 Å². The molecule has 2 aliphatic rings. The van der Waals surface area contributed by atoms with E-state index in [0.717, 1.165) is 19.3 Å². The summed E-state index contributed by atoms with van der Waals surface area (Å²) >= 11 is 6.02. The summed E-state index contributed by atoms with van der Waals surface area (Å²) < 4.78 is 0. The Bertz CT molecular complexity index is 578. The summed E-state index contributed by atoms with van der Waals surface area (Å²) in [5.74, 6) is -0.299. The van der Waals surface area contributed by atoms with Crippen LogP contribution in [0.1, 0.15) is 32.1 Å². The SMILES string of the molecule is O=C(C[C@@H]1N[C@@H]2CCCC[C@H]2NC1=O)Nc1ccccc1Cl. The molecule has 0 bridgehead atoms. The molecule has 0 aromatic heterocycles. The summed E-state index contributed by atoms with van der Waals surface area (Å²) in [7, 11) is 0. The Hall–Kier alpha value is -1.59. The van der Waals surface area contributed by atoms with Crippen molar-refractivity contribution in [1.29, 1.82) is 0 Å². The topological polar surface area (TPSA) is 70.2 Å². The quantitative estimate of drug-likeness (QED) is 0.798. The molecule has 0 radical (unpaired) electrons. The van der Waals surface area contributed by atoms with Crippen LogP contribution in [0.5, 0.6) is 0 Å². The van der Waals surface area contributed by atoms with Crippen LogP contribution in [0.15, 0.2) is 24.3 Å². The van der Waals surface area contributed by atoms with Gasteiger partial charge in [0.2, 0.25) is 11.8 Å². The highest BCUT2D eigenvalue weighted by atomic mass is 35.5. The first-order chi connectivity index (χ1) is 10.6. The predicted molar refractivity (Wildman–Crippen MR) is 85.8 cm³/mol. The summed E-state index contributed by atoms with van der Waals surface area (Å²) in [5.41, 5.74) is 0.570. The van der Waals surface area contributed by atoms with Gasteiger partial charge in [-0.25, -0.2) is 0 Å². The van der Waals surface area contributed by atoms with Crippen molar-refractivity contribution in [1.82, 2.24) is 10.6 Å². The van der Waals surface area contributed by atoms with Crippen LogP contribution in [0, 0.1) is 0 Å². The second-order valence-corrected chi connectivity index (χ2v) is 6.36. The van der Waals surface area contributed by atoms with Crippen LogP contribution >= 0.6 is 11.6 Å². The van der Waals surface area contributed by atoms with E-state index in [1.165, 1.54) is 6.42 Å². The highest BCUT2D eigenvalue weighted by Crippen LogP contribution is 2.23. The van der Waals surface area contributed by atoms with E-state index in [1.807, 2.05) is 0 Å². The molecule has 118 valence electrons. The first-order valence-corrected chi connectivity index (χ1v) is 8.12. The van der Waals surface area contributed by atoms with Crippen molar-refractivity contribution >= 4 is 29.1 Å². The van der Waals surface area contributed by atoms with Crippen molar-refractivity contribution in [3.8, 4) is 0 Å². The fraction of sp³-hybridized carbons (Fsp3) is 0.500. The summed E-state index contributed by atoms with van der Waals surface area (Å²) in [6, 6.07) is 7.09. The van der Waals surface area contributed by atoms with Gasteiger partial charge in [-0.05, 0) is 25.0 Å². The number of carbonyl (C=O) groups excluding carboxylic acids is 2. The van der Waals surface area contributed by atoms with E-state index >= 15 is 0 Å². The van der Waals surface area contributed by atoms with Crippen molar-refractivity contribution in [2.45, 2.75) is 50.2 Å². The van der Waals surface area contributed by atoms with Gasteiger partial charge < -0.3 is 16.0 Å². The molecule has 1 heterocycles. The molecule has 6 heteroatoms. The number of halogens is 1. The molecule has 3 rings (SSSR count). The Morgan fingerprint density at radius 1 is 1.23 bits per heavy atom. The first kappa shape index (κ1) is 15.3. The van der Waals surface area contributed by atoms with Gasteiger partial charge in [-0.3, -0.25) is 9.59 Å². The van der Waals surface area contributed by atoms with Gasteiger partial charge in [0, 0.05) is 12.1 Å². The van der Waals surface area contributed by atoms with E-state index in [2.05, 4.69) is 16.0 Å². The molecule has 1 saturated heterocycles. The van der Waals surface area contributed by atoms with E-state index in [9.17, 15) is 9.59 Å². The molecule has 5 nitrogen and oxygen atoms in total. The lowest BCUT2D eigenvalue weighted by atomic mass is 9.87. The third-order valence-corrected chi connectivity index (χ3v) is 4.69. The molecule has 3 atom stereocenters. The van der Waals surface area contributed by atoms with Gasteiger partial charge >= 0.3 is 0 Å². The molecule has 22 heavy (non-hydrogen) atoms. The number of anilines is 1.